The number of aromatic carboxylic acids is 1. The standard InChI is InChI=1S/C11H7F2N3O3/c12-5-1-2-6(7(13)3-5)10(17)14-9-4-8(11(18)19)15-16-9/h1-4H,(H,18,19)(H2,14,15,16,17). The summed E-state index contributed by atoms with van der Waals surface area (Å²) < 4.78 is 26.0. The van der Waals surface area contributed by atoms with E-state index in [1.165, 1.54) is 0 Å². The second-order valence-corrected chi connectivity index (χ2v) is 3.55. The summed E-state index contributed by atoms with van der Waals surface area (Å²) in [6.45, 7) is 0. The van der Waals surface area contributed by atoms with Crippen LogP contribution in [-0.4, -0.2) is 27.2 Å². The maximum Gasteiger partial charge on any atom is 0.353 e. The van der Waals surface area contributed by atoms with E-state index in [2.05, 4.69) is 15.5 Å². The van der Waals surface area contributed by atoms with E-state index in [0.29, 0.717) is 6.07 Å². The number of hydrogen-bond acceptors (Lipinski definition) is 3. The largest absolute Gasteiger partial charge is 0.477 e. The SMILES string of the molecule is O=C(O)c1cc(NC(=O)c2ccc(F)cc2F)n[nH]1. The molecule has 0 saturated carbocycles. The number of rotatable bonds is 3. The van der Waals surface area contributed by atoms with Crippen LogP contribution in [0.2, 0.25) is 0 Å². The summed E-state index contributed by atoms with van der Waals surface area (Å²) >= 11 is 0. The molecule has 0 fully saturated rings. The topological polar surface area (TPSA) is 95.1 Å². The number of carboxylic acid groups (broad SMARTS) is 1. The zero-order valence-electron chi connectivity index (χ0n) is 9.28. The molecule has 0 bridgehead atoms. The van der Waals surface area contributed by atoms with Crippen LogP contribution in [-0.2, 0) is 0 Å². The van der Waals surface area contributed by atoms with Gasteiger partial charge in [0.15, 0.2) is 5.82 Å². The molecule has 19 heavy (non-hydrogen) atoms. The number of nitrogens with zero attached hydrogens (tertiary/aromatic N) is 1. The third-order valence-electron chi connectivity index (χ3n) is 2.23. The Hall–Kier alpha value is -2.77. The number of benzene rings is 1. The number of aromatic amines is 1. The summed E-state index contributed by atoms with van der Waals surface area (Å²) in [7, 11) is 0. The molecule has 1 amide bonds. The summed E-state index contributed by atoms with van der Waals surface area (Å²) in [6, 6.07) is 3.56. The van der Waals surface area contributed by atoms with Crippen molar-refractivity contribution in [3.63, 3.8) is 0 Å². The average molecular weight is 267 g/mol. The van der Waals surface area contributed by atoms with E-state index < -0.39 is 23.5 Å². The van der Waals surface area contributed by atoms with Gasteiger partial charge in [-0.1, -0.05) is 0 Å². The number of hydrogen-bond donors (Lipinski definition) is 3. The average Bonchev–Trinajstić information content (AvgIpc) is 2.77. The minimum absolute atomic E-state index is 0.0777. The van der Waals surface area contributed by atoms with Gasteiger partial charge in [-0.2, -0.15) is 5.10 Å². The molecule has 0 saturated heterocycles. The van der Waals surface area contributed by atoms with Crippen molar-refractivity contribution in [2.75, 3.05) is 5.32 Å². The van der Waals surface area contributed by atoms with Gasteiger partial charge in [0.1, 0.15) is 17.3 Å². The van der Waals surface area contributed by atoms with Crippen LogP contribution in [0.15, 0.2) is 24.3 Å². The Balaban J connectivity index is 2.18. The minimum atomic E-state index is -1.25. The van der Waals surface area contributed by atoms with Crippen molar-refractivity contribution in [2.45, 2.75) is 0 Å². The lowest BCUT2D eigenvalue weighted by Gasteiger charge is -2.02. The molecule has 3 N–H and O–H groups in total. The summed E-state index contributed by atoms with van der Waals surface area (Å²) in [6.07, 6.45) is 0. The highest BCUT2D eigenvalue weighted by atomic mass is 19.1. The van der Waals surface area contributed by atoms with E-state index in [1.807, 2.05) is 0 Å². The molecule has 1 aromatic heterocycles. The van der Waals surface area contributed by atoms with E-state index in [4.69, 9.17) is 5.11 Å². The van der Waals surface area contributed by atoms with Gasteiger partial charge in [-0.15, -0.1) is 0 Å². The number of carbonyl (C=O) groups is 2. The third kappa shape index (κ3) is 2.73. The summed E-state index contributed by atoms with van der Waals surface area (Å²) in [5, 5.41) is 16.5. The van der Waals surface area contributed by atoms with Gasteiger partial charge in [-0.25, -0.2) is 13.6 Å². The van der Waals surface area contributed by atoms with Crippen LogP contribution in [0.1, 0.15) is 20.8 Å². The van der Waals surface area contributed by atoms with Crippen molar-refractivity contribution < 1.29 is 23.5 Å². The predicted molar refractivity (Wildman–Crippen MR) is 59.9 cm³/mol. The second-order valence-electron chi connectivity index (χ2n) is 3.55. The van der Waals surface area contributed by atoms with Crippen molar-refractivity contribution in [2.24, 2.45) is 0 Å². The summed E-state index contributed by atoms with van der Waals surface area (Å²) in [5.74, 6) is -4.01. The molecule has 98 valence electrons. The van der Waals surface area contributed by atoms with Crippen LogP contribution in [0.3, 0.4) is 0 Å². The Kier molecular flexibility index (Phi) is 3.23. The lowest BCUT2D eigenvalue weighted by molar-refractivity contribution is 0.0690. The number of halogens is 2. The van der Waals surface area contributed by atoms with Crippen molar-refractivity contribution in [1.82, 2.24) is 10.2 Å². The van der Waals surface area contributed by atoms with E-state index >= 15 is 0 Å². The van der Waals surface area contributed by atoms with Crippen LogP contribution in [0.4, 0.5) is 14.6 Å². The van der Waals surface area contributed by atoms with Crippen molar-refractivity contribution in [3.05, 3.63) is 47.2 Å². The fourth-order valence-corrected chi connectivity index (χ4v) is 1.35. The number of H-pyrrole nitrogens is 1. The Morgan fingerprint density at radius 1 is 1.26 bits per heavy atom. The van der Waals surface area contributed by atoms with E-state index in [1.54, 1.807) is 0 Å². The van der Waals surface area contributed by atoms with Gasteiger partial charge in [0.05, 0.1) is 5.56 Å². The molecule has 0 spiro atoms. The van der Waals surface area contributed by atoms with Crippen LogP contribution < -0.4 is 5.32 Å². The lowest BCUT2D eigenvalue weighted by Crippen LogP contribution is -2.14. The fourth-order valence-electron chi connectivity index (χ4n) is 1.35. The smallest absolute Gasteiger partial charge is 0.353 e. The maximum absolute atomic E-state index is 13.3. The van der Waals surface area contributed by atoms with E-state index in [-0.39, 0.29) is 17.1 Å². The molecular formula is C11H7F2N3O3. The monoisotopic (exact) mass is 267 g/mol. The molecule has 6 nitrogen and oxygen atoms in total. The van der Waals surface area contributed by atoms with Crippen LogP contribution >= 0.6 is 0 Å². The Labute approximate surface area is 105 Å². The first-order chi connectivity index (χ1) is 8.97. The highest BCUT2D eigenvalue weighted by Gasteiger charge is 2.15. The quantitative estimate of drug-likeness (QED) is 0.787. The Morgan fingerprint density at radius 3 is 2.58 bits per heavy atom. The normalized spacial score (nSPS) is 10.2. The number of amides is 1. The lowest BCUT2D eigenvalue weighted by atomic mass is 10.2. The molecule has 0 aliphatic heterocycles. The zero-order chi connectivity index (χ0) is 14.0. The minimum Gasteiger partial charge on any atom is -0.477 e. The highest BCUT2D eigenvalue weighted by Crippen LogP contribution is 2.12. The molecular weight excluding hydrogens is 260 g/mol. The first-order valence-electron chi connectivity index (χ1n) is 5.02. The van der Waals surface area contributed by atoms with Crippen molar-refractivity contribution in [3.8, 4) is 0 Å². The van der Waals surface area contributed by atoms with Gasteiger partial charge in [0.2, 0.25) is 0 Å². The van der Waals surface area contributed by atoms with Gasteiger partial charge in [-0.05, 0) is 12.1 Å². The van der Waals surface area contributed by atoms with Gasteiger partial charge < -0.3 is 10.4 Å². The molecule has 0 atom stereocenters. The second kappa shape index (κ2) is 4.84. The fraction of sp³-hybridized carbons (Fsp3) is 0. The first-order valence-corrected chi connectivity index (χ1v) is 5.02. The van der Waals surface area contributed by atoms with Gasteiger partial charge in [0.25, 0.3) is 5.91 Å². The number of carboxylic acids is 1. The number of aromatic nitrogens is 2. The van der Waals surface area contributed by atoms with E-state index in [9.17, 15) is 18.4 Å². The van der Waals surface area contributed by atoms with Gasteiger partial charge >= 0.3 is 5.97 Å². The molecule has 0 aliphatic carbocycles. The van der Waals surface area contributed by atoms with Crippen LogP contribution in [0.25, 0.3) is 0 Å². The van der Waals surface area contributed by atoms with Gasteiger partial charge in [0, 0.05) is 12.1 Å². The number of anilines is 1. The molecule has 8 heteroatoms. The number of nitrogens with one attached hydrogen (secondary N) is 2. The van der Waals surface area contributed by atoms with Crippen LogP contribution in [0, 0.1) is 11.6 Å². The molecule has 0 unspecified atom stereocenters. The first kappa shape index (κ1) is 12.7. The third-order valence-corrected chi connectivity index (χ3v) is 2.23. The number of carbonyl (C=O) groups excluding carboxylic acids is 1. The molecule has 0 radical (unpaired) electrons. The van der Waals surface area contributed by atoms with E-state index in [0.717, 1.165) is 18.2 Å². The molecule has 1 aromatic carbocycles. The predicted octanol–water partition coefficient (Wildman–Crippen LogP) is 1.64. The van der Waals surface area contributed by atoms with Gasteiger partial charge in [-0.3, -0.25) is 9.89 Å². The molecule has 1 heterocycles. The molecule has 2 aromatic rings. The van der Waals surface area contributed by atoms with Crippen LogP contribution in [0.5, 0.6) is 0 Å². The van der Waals surface area contributed by atoms with Crippen molar-refractivity contribution >= 4 is 17.7 Å². The molecule has 2 rings (SSSR count). The highest BCUT2D eigenvalue weighted by molar-refractivity contribution is 6.04. The Morgan fingerprint density at radius 2 is 2.00 bits per heavy atom. The summed E-state index contributed by atoms with van der Waals surface area (Å²) in [4.78, 5) is 22.2. The van der Waals surface area contributed by atoms with Crippen molar-refractivity contribution in [1.29, 1.82) is 0 Å². The zero-order valence-corrected chi connectivity index (χ0v) is 9.28. The maximum atomic E-state index is 13.3. The summed E-state index contributed by atoms with van der Waals surface area (Å²) in [5.41, 5.74) is -0.601. The Bertz CT molecular complexity index is 654. The molecule has 0 aliphatic rings.